The average Bonchev–Trinajstić information content (AvgIpc) is 2.72. The van der Waals surface area contributed by atoms with Crippen molar-refractivity contribution in [2.24, 2.45) is 5.73 Å². The quantitative estimate of drug-likeness (QED) is 0.891. The first kappa shape index (κ1) is 12.2. The van der Waals surface area contributed by atoms with E-state index in [0.29, 0.717) is 0 Å². The molecule has 0 bridgehead atoms. The molecule has 0 fully saturated rings. The number of fused-ring (bicyclic) bond motifs is 1. The minimum Gasteiger partial charge on any atom is -0.488 e. The Morgan fingerprint density at radius 1 is 1.05 bits per heavy atom. The molecule has 2 aromatic carbocycles. The van der Waals surface area contributed by atoms with E-state index >= 15 is 0 Å². The molecule has 2 atom stereocenters. The van der Waals surface area contributed by atoms with Crippen molar-refractivity contribution in [2.75, 3.05) is 0 Å². The summed E-state index contributed by atoms with van der Waals surface area (Å²) in [5.41, 5.74) is 11.3. The van der Waals surface area contributed by atoms with E-state index in [1.54, 1.807) is 0 Å². The largest absolute Gasteiger partial charge is 0.488 e. The summed E-state index contributed by atoms with van der Waals surface area (Å²) in [7, 11) is 0. The molecule has 3 rings (SSSR count). The van der Waals surface area contributed by atoms with Crippen LogP contribution in [-0.2, 0) is 6.42 Å². The lowest BCUT2D eigenvalue weighted by Gasteiger charge is -2.19. The molecule has 0 amide bonds. The van der Waals surface area contributed by atoms with Gasteiger partial charge in [0.25, 0.3) is 0 Å². The van der Waals surface area contributed by atoms with Crippen molar-refractivity contribution in [3.05, 3.63) is 64.7 Å². The molecule has 98 valence electrons. The number of rotatable bonds is 2. The predicted molar refractivity (Wildman–Crippen MR) is 77.4 cm³/mol. The Hall–Kier alpha value is -1.80. The minimum absolute atomic E-state index is 0.0298. The lowest BCUT2D eigenvalue weighted by Crippen LogP contribution is -2.27. The highest BCUT2D eigenvalue weighted by atomic mass is 16.5. The highest BCUT2D eigenvalue weighted by Gasteiger charge is 2.30. The van der Waals surface area contributed by atoms with E-state index in [-0.39, 0.29) is 12.1 Å². The molecule has 19 heavy (non-hydrogen) atoms. The molecular weight excluding hydrogens is 234 g/mol. The van der Waals surface area contributed by atoms with Gasteiger partial charge in [0, 0.05) is 6.42 Å². The van der Waals surface area contributed by atoms with Gasteiger partial charge in [-0.05, 0) is 48.2 Å². The van der Waals surface area contributed by atoms with Gasteiger partial charge in [-0.25, -0.2) is 0 Å². The summed E-state index contributed by atoms with van der Waals surface area (Å²) in [5.74, 6) is 0.913. The standard InChI is InChI=1S/C17H19NO/c1-11-7-8-14(9-12(11)2)19-16-10-13-5-3-4-6-15(13)17(16)18/h3-9,16-17H,10,18H2,1-2H3. The first-order chi connectivity index (χ1) is 9.15. The van der Waals surface area contributed by atoms with E-state index in [9.17, 15) is 0 Å². The third-order valence-electron chi connectivity index (χ3n) is 4.00. The topological polar surface area (TPSA) is 35.2 Å². The third-order valence-corrected chi connectivity index (χ3v) is 4.00. The predicted octanol–water partition coefficient (Wildman–Crippen LogP) is 3.31. The van der Waals surface area contributed by atoms with Crippen LogP contribution in [0.5, 0.6) is 5.75 Å². The minimum atomic E-state index is -0.0298. The van der Waals surface area contributed by atoms with Gasteiger partial charge in [-0.15, -0.1) is 0 Å². The molecule has 0 saturated carbocycles. The summed E-state index contributed by atoms with van der Waals surface area (Å²) in [4.78, 5) is 0. The molecule has 2 aromatic rings. The van der Waals surface area contributed by atoms with Crippen LogP contribution in [0, 0.1) is 13.8 Å². The fourth-order valence-corrected chi connectivity index (χ4v) is 2.67. The van der Waals surface area contributed by atoms with E-state index in [4.69, 9.17) is 10.5 Å². The smallest absolute Gasteiger partial charge is 0.122 e. The van der Waals surface area contributed by atoms with Crippen molar-refractivity contribution in [1.29, 1.82) is 0 Å². The number of benzene rings is 2. The SMILES string of the molecule is Cc1ccc(OC2Cc3ccccc3C2N)cc1C. The van der Waals surface area contributed by atoms with Gasteiger partial charge < -0.3 is 10.5 Å². The Morgan fingerprint density at radius 2 is 1.84 bits per heavy atom. The lowest BCUT2D eigenvalue weighted by atomic mass is 10.1. The molecule has 2 nitrogen and oxygen atoms in total. The first-order valence-corrected chi connectivity index (χ1v) is 6.72. The zero-order valence-electron chi connectivity index (χ0n) is 11.4. The molecule has 0 aromatic heterocycles. The van der Waals surface area contributed by atoms with Crippen molar-refractivity contribution >= 4 is 0 Å². The van der Waals surface area contributed by atoms with Gasteiger partial charge in [0.2, 0.25) is 0 Å². The maximum absolute atomic E-state index is 6.28. The Bertz CT molecular complexity index is 606. The number of aryl methyl sites for hydroxylation is 2. The zero-order chi connectivity index (χ0) is 13.4. The van der Waals surface area contributed by atoms with Crippen molar-refractivity contribution in [1.82, 2.24) is 0 Å². The zero-order valence-corrected chi connectivity index (χ0v) is 11.4. The summed E-state index contributed by atoms with van der Waals surface area (Å²) >= 11 is 0. The monoisotopic (exact) mass is 253 g/mol. The van der Waals surface area contributed by atoms with E-state index in [2.05, 4.69) is 44.2 Å². The van der Waals surface area contributed by atoms with Crippen molar-refractivity contribution in [3.8, 4) is 5.75 Å². The maximum Gasteiger partial charge on any atom is 0.122 e. The van der Waals surface area contributed by atoms with Gasteiger partial charge in [0.15, 0.2) is 0 Å². The van der Waals surface area contributed by atoms with Crippen LogP contribution in [0.4, 0.5) is 0 Å². The van der Waals surface area contributed by atoms with E-state index in [0.717, 1.165) is 12.2 Å². The van der Waals surface area contributed by atoms with Crippen molar-refractivity contribution in [3.63, 3.8) is 0 Å². The van der Waals surface area contributed by atoms with Crippen LogP contribution in [0.3, 0.4) is 0 Å². The lowest BCUT2D eigenvalue weighted by molar-refractivity contribution is 0.185. The molecule has 2 N–H and O–H groups in total. The summed E-state index contributed by atoms with van der Waals surface area (Å²) in [6.45, 7) is 4.21. The van der Waals surface area contributed by atoms with Crippen molar-refractivity contribution in [2.45, 2.75) is 32.4 Å². The highest BCUT2D eigenvalue weighted by Crippen LogP contribution is 2.32. The van der Waals surface area contributed by atoms with Gasteiger partial charge in [-0.2, -0.15) is 0 Å². The normalized spacial score (nSPS) is 21.2. The second-order valence-corrected chi connectivity index (χ2v) is 5.33. The van der Waals surface area contributed by atoms with Gasteiger partial charge in [0.1, 0.15) is 11.9 Å². The Kier molecular flexibility index (Phi) is 3.03. The molecule has 2 heteroatoms. The molecule has 1 aliphatic carbocycles. The van der Waals surface area contributed by atoms with Crippen LogP contribution in [0.2, 0.25) is 0 Å². The van der Waals surface area contributed by atoms with E-state index < -0.39 is 0 Å². The van der Waals surface area contributed by atoms with Crippen LogP contribution >= 0.6 is 0 Å². The van der Waals surface area contributed by atoms with Crippen LogP contribution in [-0.4, -0.2) is 6.10 Å². The number of nitrogens with two attached hydrogens (primary N) is 1. The Balaban J connectivity index is 1.80. The van der Waals surface area contributed by atoms with Gasteiger partial charge >= 0.3 is 0 Å². The number of ether oxygens (including phenoxy) is 1. The second kappa shape index (κ2) is 4.71. The first-order valence-electron chi connectivity index (χ1n) is 6.72. The van der Waals surface area contributed by atoms with E-state index in [1.807, 2.05) is 12.1 Å². The molecule has 0 heterocycles. The molecule has 0 radical (unpaired) electrons. The average molecular weight is 253 g/mol. The Labute approximate surface area is 114 Å². The van der Waals surface area contributed by atoms with Gasteiger partial charge in [0.05, 0.1) is 6.04 Å². The molecule has 0 aliphatic heterocycles. The maximum atomic E-state index is 6.28. The molecule has 1 aliphatic rings. The number of hydrogen-bond donors (Lipinski definition) is 1. The molecule has 2 unspecified atom stereocenters. The fourth-order valence-electron chi connectivity index (χ4n) is 2.67. The van der Waals surface area contributed by atoms with Crippen LogP contribution < -0.4 is 10.5 Å². The van der Waals surface area contributed by atoms with E-state index in [1.165, 1.54) is 22.3 Å². The van der Waals surface area contributed by atoms with Gasteiger partial charge in [-0.1, -0.05) is 30.3 Å². The highest BCUT2D eigenvalue weighted by molar-refractivity contribution is 5.38. The number of hydrogen-bond acceptors (Lipinski definition) is 2. The van der Waals surface area contributed by atoms with Crippen LogP contribution in [0.25, 0.3) is 0 Å². The summed E-state index contributed by atoms with van der Waals surface area (Å²) < 4.78 is 6.08. The summed E-state index contributed by atoms with van der Waals surface area (Å²) in [6.07, 6.45) is 0.934. The summed E-state index contributed by atoms with van der Waals surface area (Å²) in [6, 6.07) is 14.5. The fraction of sp³-hybridized carbons (Fsp3) is 0.294. The molecule has 0 saturated heterocycles. The second-order valence-electron chi connectivity index (χ2n) is 5.33. The van der Waals surface area contributed by atoms with Crippen molar-refractivity contribution < 1.29 is 4.74 Å². The van der Waals surface area contributed by atoms with Gasteiger partial charge in [-0.3, -0.25) is 0 Å². The Morgan fingerprint density at radius 3 is 2.58 bits per heavy atom. The van der Waals surface area contributed by atoms with Crippen LogP contribution in [0.1, 0.15) is 28.3 Å². The summed E-state index contributed by atoms with van der Waals surface area (Å²) in [5, 5.41) is 0. The molecule has 0 spiro atoms. The van der Waals surface area contributed by atoms with Crippen LogP contribution in [0.15, 0.2) is 42.5 Å². The third kappa shape index (κ3) is 2.24. The molecular formula is C17H19NO.